The number of nitrogens with zero attached hydrogens (tertiary/aromatic N) is 1. The molecule has 0 atom stereocenters. The molecule has 0 bridgehead atoms. The summed E-state index contributed by atoms with van der Waals surface area (Å²) in [5, 5.41) is 0.0378. The predicted octanol–water partition coefficient (Wildman–Crippen LogP) is 3.35. The number of rotatable bonds is 2. The zero-order chi connectivity index (χ0) is 11.5. The van der Waals surface area contributed by atoms with Crippen molar-refractivity contribution in [2.75, 3.05) is 0 Å². The number of aldehydes is 1. The molecule has 0 radical (unpaired) electrons. The molecule has 4 heteroatoms. The van der Waals surface area contributed by atoms with Crippen molar-refractivity contribution in [3.63, 3.8) is 0 Å². The molecule has 1 heterocycles. The van der Waals surface area contributed by atoms with E-state index in [1.807, 2.05) is 0 Å². The first kappa shape index (κ1) is 10.8. The molecule has 0 spiro atoms. The first-order valence-corrected chi connectivity index (χ1v) is 4.96. The van der Waals surface area contributed by atoms with Gasteiger partial charge in [-0.1, -0.05) is 17.7 Å². The van der Waals surface area contributed by atoms with E-state index >= 15 is 0 Å². The van der Waals surface area contributed by atoms with Gasteiger partial charge in [-0.25, -0.2) is 9.37 Å². The molecule has 80 valence electrons. The highest BCUT2D eigenvalue weighted by atomic mass is 35.5. The second-order valence-corrected chi connectivity index (χ2v) is 3.60. The minimum absolute atomic E-state index is 0.0378. The summed E-state index contributed by atoms with van der Waals surface area (Å²) in [6.07, 6.45) is 0.661. The maximum atomic E-state index is 13.0. The largest absolute Gasteiger partial charge is 0.296 e. The Balaban J connectivity index is 2.49. The maximum absolute atomic E-state index is 13.0. The van der Waals surface area contributed by atoms with Gasteiger partial charge in [0.1, 0.15) is 11.5 Å². The van der Waals surface area contributed by atoms with Crippen LogP contribution in [0.3, 0.4) is 0 Å². The fraction of sp³-hybridized carbons (Fsp3) is 0. The van der Waals surface area contributed by atoms with E-state index in [2.05, 4.69) is 4.98 Å². The van der Waals surface area contributed by atoms with E-state index in [0.717, 1.165) is 0 Å². The van der Waals surface area contributed by atoms with Gasteiger partial charge in [-0.05, 0) is 30.3 Å². The first-order valence-electron chi connectivity index (χ1n) is 4.58. The number of carbonyl (C=O) groups excluding carboxylic acids is 1. The number of carbonyl (C=O) groups is 1. The van der Waals surface area contributed by atoms with Gasteiger partial charge >= 0.3 is 0 Å². The fourth-order valence-electron chi connectivity index (χ4n) is 1.33. The highest BCUT2D eigenvalue weighted by Crippen LogP contribution is 2.23. The molecule has 0 N–H and O–H groups in total. The lowest BCUT2D eigenvalue weighted by Gasteiger charge is -2.02. The van der Waals surface area contributed by atoms with Crippen LogP contribution >= 0.6 is 11.6 Å². The van der Waals surface area contributed by atoms with Crippen LogP contribution in [0, 0.1) is 5.82 Å². The maximum Gasteiger partial charge on any atom is 0.168 e. The number of hydrogen-bond acceptors (Lipinski definition) is 2. The average molecular weight is 236 g/mol. The smallest absolute Gasteiger partial charge is 0.168 e. The van der Waals surface area contributed by atoms with Crippen LogP contribution in [0.4, 0.5) is 4.39 Å². The van der Waals surface area contributed by atoms with Crippen LogP contribution in [0.5, 0.6) is 0 Å². The molecular formula is C12H7ClFNO. The fourth-order valence-corrected chi connectivity index (χ4v) is 1.51. The van der Waals surface area contributed by atoms with Crippen molar-refractivity contribution < 1.29 is 9.18 Å². The number of aromatic nitrogens is 1. The van der Waals surface area contributed by atoms with Crippen molar-refractivity contribution >= 4 is 17.9 Å². The predicted molar refractivity (Wildman–Crippen MR) is 60.0 cm³/mol. The molecule has 0 aliphatic heterocycles. The van der Waals surface area contributed by atoms with Crippen molar-refractivity contribution in [3.8, 4) is 11.3 Å². The number of halogens is 2. The van der Waals surface area contributed by atoms with Crippen LogP contribution in [0.1, 0.15) is 10.5 Å². The van der Waals surface area contributed by atoms with Crippen molar-refractivity contribution in [3.05, 3.63) is 52.9 Å². The van der Waals surface area contributed by atoms with E-state index in [4.69, 9.17) is 11.6 Å². The molecule has 2 rings (SSSR count). The average Bonchev–Trinajstić information content (AvgIpc) is 2.33. The van der Waals surface area contributed by atoms with Gasteiger partial charge in [-0.2, -0.15) is 0 Å². The topological polar surface area (TPSA) is 30.0 Å². The molecule has 0 fully saturated rings. The molecule has 16 heavy (non-hydrogen) atoms. The Morgan fingerprint density at radius 3 is 2.75 bits per heavy atom. The molecule has 0 amide bonds. The molecule has 1 aromatic carbocycles. The van der Waals surface area contributed by atoms with Crippen LogP contribution < -0.4 is 0 Å². The van der Waals surface area contributed by atoms with Gasteiger partial charge in [0.15, 0.2) is 6.29 Å². The van der Waals surface area contributed by atoms with E-state index in [1.165, 1.54) is 12.1 Å². The highest BCUT2D eigenvalue weighted by molar-refractivity contribution is 6.31. The summed E-state index contributed by atoms with van der Waals surface area (Å²) in [6, 6.07) is 9.36. The third kappa shape index (κ3) is 2.09. The summed E-state index contributed by atoms with van der Waals surface area (Å²) in [4.78, 5) is 14.6. The number of pyridine rings is 1. The minimum atomic E-state index is -0.475. The summed E-state index contributed by atoms with van der Waals surface area (Å²) >= 11 is 5.67. The normalized spacial score (nSPS) is 10.1. The Morgan fingerprint density at radius 1 is 1.25 bits per heavy atom. The van der Waals surface area contributed by atoms with Gasteiger partial charge in [0.25, 0.3) is 0 Å². The van der Waals surface area contributed by atoms with E-state index in [-0.39, 0.29) is 5.02 Å². The van der Waals surface area contributed by atoms with Gasteiger partial charge in [0, 0.05) is 5.56 Å². The summed E-state index contributed by atoms with van der Waals surface area (Å²) < 4.78 is 13.0. The molecule has 0 aliphatic rings. The molecule has 2 aromatic rings. The van der Waals surface area contributed by atoms with E-state index < -0.39 is 5.82 Å². The second kappa shape index (κ2) is 4.41. The third-order valence-electron chi connectivity index (χ3n) is 2.11. The monoisotopic (exact) mass is 235 g/mol. The Hall–Kier alpha value is -1.74. The van der Waals surface area contributed by atoms with E-state index in [9.17, 15) is 9.18 Å². The van der Waals surface area contributed by atoms with Gasteiger partial charge in [0.05, 0.1) is 10.7 Å². The summed E-state index contributed by atoms with van der Waals surface area (Å²) in [6.45, 7) is 0. The molecule has 0 saturated heterocycles. The van der Waals surface area contributed by atoms with Crippen LogP contribution in [-0.4, -0.2) is 11.3 Å². The van der Waals surface area contributed by atoms with Gasteiger partial charge in [-0.15, -0.1) is 0 Å². The first-order chi connectivity index (χ1) is 7.70. The molecule has 0 unspecified atom stereocenters. The zero-order valence-electron chi connectivity index (χ0n) is 8.15. The molecule has 2 nitrogen and oxygen atoms in total. The molecule has 0 saturated carbocycles. The quantitative estimate of drug-likeness (QED) is 0.747. The van der Waals surface area contributed by atoms with Crippen molar-refractivity contribution in [1.82, 2.24) is 4.98 Å². The van der Waals surface area contributed by atoms with Crippen LogP contribution in [0.25, 0.3) is 11.3 Å². The second-order valence-electron chi connectivity index (χ2n) is 3.19. The zero-order valence-corrected chi connectivity index (χ0v) is 8.91. The van der Waals surface area contributed by atoms with Crippen molar-refractivity contribution in [1.29, 1.82) is 0 Å². The summed E-state index contributed by atoms with van der Waals surface area (Å²) in [5.41, 5.74) is 1.60. The van der Waals surface area contributed by atoms with Crippen LogP contribution in [0.15, 0.2) is 36.4 Å². The Bertz CT molecular complexity index is 542. The number of hydrogen-bond donors (Lipinski definition) is 0. The minimum Gasteiger partial charge on any atom is -0.296 e. The summed E-state index contributed by atoms with van der Waals surface area (Å²) in [7, 11) is 0. The molecule has 0 aliphatic carbocycles. The van der Waals surface area contributed by atoms with E-state index in [1.54, 1.807) is 24.3 Å². The highest BCUT2D eigenvalue weighted by Gasteiger charge is 2.04. The Morgan fingerprint density at radius 2 is 2.06 bits per heavy atom. The van der Waals surface area contributed by atoms with Gasteiger partial charge in [0.2, 0.25) is 0 Å². The molecular weight excluding hydrogens is 229 g/mol. The van der Waals surface area contributed by atoms with Crippen LogP contribution in [-0.2, 0) is 0 Å². The van der Waals surface area contributed by atoms with Gasteiger partial charge < -0.3 is 0 Å². The van der Waals surface area contributed by atoms with E-state index in [0.29, 0.717) is 23.2 Å². The Kier molecular flexibility index (Phi) is 2.97. The van der Waals surface area contributed by atoms with Crippen molar-refractivity contribution in [2.45, 2.75) is 0 Å². The number of benzene rings is 1. The standard InChI is InChI=1S/C12H7ClFNO/c13-10-6-8(4-5-11(10)14)12-3-1-2-9(7-16)15-12/h1-7H. The lowest BCUT2D eigenvalue weighted by molar-refractivity contribution is 0.111. The lowest BCUT2D eigenvalue weighted by atomic mass is 10.1. The lowest BCUT2D eigenvalue weighted by Crippen LogP contribution is -1.90. The van der Waals surface area contributed by atoms with Crippen molar-refractivity contribution in [2.24, 2.45) is 0 Å². The summed E-state index contributed by atoms with van der Waals surface area (Å²) in [5.74, 6) is -0.475. The van der Waals surface area contributed by atoms with Gasteiger partial charge in [-0.3, -0.25) is 4.79 Å². The Labute approximate surface area is 96.7 Å². The van der Waals surface area contributed by atoms with Crippen LogP contribution in [0.2, 0.25) is 5.02 Å². The molecule has 1 aromatic heterocycles. The third-order valence-corrected chi connectivity index (χ3v) is 2.40. The SMILES string of the molecule is O=Cc1cccc(-c2ccc(F)c(Cl)c2)n1.